The Kier molecular flexibility index (Phi) is 4.71. The highest BCUT2D eigenvalue weighted by molar-refractivity contribution is 6.31. The number of hydrogen-bond donors (Lipinski definition) is 2. The second-order valence-electron chi connectivity index (χ2n) is 5.67. The van der Waals surface area contributed by atoms with Crippen LogP contribution >= 0.6 is 11.6 Å². The van der Waals surface area contributed by atoms with E-state index in [2.05, 4.69) is 20.2 Å². The zero-order valence-electron chi connectivity index (χ0n) is 13.4. The van der Waals surface area contributed by atoms with Crippen LogP contribution in [0.1, 0.15) is 5.56 Å². The molecule has 0 atom stereocenters. The quantitative estimate of drug-likeness (QED) is 0.871. The Labute approximate surface area is 145 Å². The van der Waals surface area contributed by atoms with Crippen molar-refractivity contribution >= 4 is 35.0 Å². The fourth-order valence-corrected chi connectivity index (χ4v) is 2.73. The molecule has 0 bridgehead atoms. The van der Waals surface area contributed by atoms with Crippen LogP contribution in [0.4, 0.5) is 22.1 Å². The molecule has 0 spiro atoms. The monoisotopic (exact) mass is 346 g/mol. The smallest absolute Gasteiger partial charge is 0.321 e. The summed E-state index contributed by atoms with van der Waals surface area (Å²) in [7, 11) is 0. The number of rotatable bonds is 2. The Bertz CT molecular complexity index is 745. The Balaban J connectivity index is 1.58. The summed E-state index contributed by atoms with van der Waals surface area (Å²) in [6, 6.07) is 7.10. The molecule has 2 amide bonds. The molecule has 1 fully saturated rings. The lowest BCUT2D eigenvalue weighted by molar-refractivity contribution is 0.208. The van der Waals surface area contributed by atoms with Gasteiger partial charge in [-0.3, -0.25) is 0 Å². The van der Waals surface area contributed by atoms with E-state index in [1.807, 2.05) is 19.1 Å². The number of nitrogens with zero attached hydrogens (tertiary/aromatic N) is 4. The normalized spacial score (nSPS) is 14.6. The van der Waals surface area contributed by atoms with Gasteiger partial charge < -0.3 is 20.9 Å². The van der Waals surface area contributed by atoms with Gasteiger partial charge in [-0.05, 0) is 24.6 Å². The summed E-state index contributed by atoms with van der Waals surface area (Å²) in [5, 5.41) is 3.52. The van der Waals surface area contributed by atoms with Crippen LogP contribution < -0.4 is 16.0 Å². The van der Waals surface area contributed by atoms with Crippen LogP contribution in [0, 0.1) is 6.92 Å². The zero-order valence-corrected chi connectivity index (χ0v) is 14.1. The average molecular weight is 347 g/mol. The van der Waals surface area contributed by atoms with Gasteiger partial charge in [-0.1, -0.05) is 17.7 Å². The largest absolute Gasteiger partial charge is 0.384 e. The first-order valence-corrected chi connectivity index (χ1v) is 8.05. The van der Waals surface area contributed by atoms with Crippen molar-refractivity contribution in [2.24, 2.45) is 0 Å². The van der Waals surface area contributed by atoms with Crippen LogP contribution in [0.2, 0.25) is 5.02 Å². The van der Waals surface area contributed by atoms with Crippen molar-refractivity contribution in [1.82, 2.24) is 14.9 Å². The lowest BCUT2D eigenvalue weighted by atomic mass is 10.2. The van der Waals surface area contributed by atoms with Gasteiger partial charge in [0.1, 0.15) is 18.0 Å². The number of nitrogens with one attached hydrogen (secondary N) is 1. The van der Waals surface area contributed by atoms with Crippen LogP contribution in [0.15, 0.2) is 30.6 Å². The number of piperazine rings is 1. The highest BCUT2D eigenvalue weighted by Gasteiger charge is 2.22. The van der Waals surface area contributed by atoms with Crippen molar-refractivity contribution in [2.75, 3.05) is 42.1 Å². The zero-order chi connectivity index (χ0) is 17.1. The van der Waals surface area contributed by atoms with E-state index in [0.717, 1.165) is 11.4 Å². The number of halogens is 1. The first kappa shape index (κ1) is 16.3. The van der Waals surface area contributed by atoms with Gasteiger partial charge in [-0.25, -0.2) is 14.8 Å². The van der Waals surface area contributed by atoms with Gasteiger partial charge in [0, 0.05) is 43.0 Å². The summed E-state index contributed by atoms with van der Waals surface area (Å²) < 4.78 is 0. The van der Waals surface area contributed by atoms with Crippen molar-refractivity contribution in [1.29, 1.82) is 0 Å². The Morgan fingerprint density at radius 3 is 2.62 bits per heavy atom. The topological polar surface area (TPSA) is 87.4 Å². The number of carbonyl (C=O) groups is 1. The molecule has 1 saturated heterocycles. The minimum Gasteiger partial charge on any atom is -0.384 e. The molecular formula is C16H19ClN6O. The molecule has 126 valence electrons. The van der Waals surface area contributed by atoms with Crippen LogP contribution in [0.25, 0.3) is 0 Å². The molecule has 1 aromatic heterocycles. The fraction of sp³-hybridized carbons (Fsp3) is 0.312. The standard InChI is InChI=1S/C16H19ClN6O/c1-11-2-3-12(8-13(11)17)21-16(24)23-6-4-22(5-7-23)15-9-14(18)19-10-20-15/h2-3,8-10H,4-7H2,1H3,(H,21,24)(H2,18,19,20). The van der Waals surface area contributed by atoms with E-state index in [-0.39, 0.29) is 6.03 Å². The van der Waals surface area contributed by atoms with Gasteiger partial charge in [0.25, 0.3) is 0 Å². The molecule has 1 aliphatic rings. The molecule has 2 heterocycles. The van der Waals surface area contributed by atoms with Gasteiger partial charge in [-0.15, -0.1) is 0 Å². The van der Waals surface area contributed by atoms with Crippen molar-refractivity contribution in [3.63, 3.8) is 0 Å². The van der Waals surface area contributed by atoms with Crippen LogP contribution in [-0.4, -0.2) is 47.1 Å². The molecule has 8 heteroatoms. The summed E-state index contributed by atoms with van der Waals surface area (Å²) >= 11 is 6.09. The third-order valence-corrected chi connectivity index (χ3v) is 4.39. The second kappa shape index (κ2) is 6.92. The van der Waals surface area contributed by atoms with Crippen LogP contribution in [-0.2, 0) is 0 Å². The van der Waals surface area contributed by atoms with Crippen molar-refractivity contribution in [3.8, 4) is 0 Å². The van der Waals surface area contributed by atoms with E-state index in [0.29, 0.717) is 42.7 Å². The number of amides is 2. The van der Waals surface area contributed by atoms with Crippen molar-refractivity contribution < 1.29 is 4.79 Å². The van der Waals surface area contributed by atoms with Gasteiger partial charge in [0.15, 0.2) is 0 Å². The van der Waals surface area contributed by atoms with Gasteiger partial charge in [-0.2, -0.15) is 0 Å². The van der Waals surface area contributed by atoms with Gasteiger partial charge in [0.2, 0.25) is 0 Å². The van der Waals surface area contributed by atoms with E-state index in [9.17, 15) is 4.79 Å². The minimum absolute atomic E-state index is 0.128. The number of nitrogens with two attached hydrogens (primary N) is 1. The first-order valence-electron chi connectivity index (χ1n) is 7.67. The minimum atomic E-state index is -0.128. The molecule has 0 radical (unpaired) electrons. The fourth-order valence-electron chi connectivity index (χ4n) is 2.55. The lowest BCUT2D eigenvalue weighted by Gasteiger charge is -2.35. The number of nitrogen functional groups attached to an aromatic ring is 1. The third-order valence-electron chi connectivity index (χ3n) is 3.99. The predicted molar refractivity (Wildman–Crippen MR) is 95.4 cm³/mol. The second-order valence-corrected chi connectivity index (χ2v) is 6.08. The number of anilines is 3. The SMILES string of the molecule is Cc1ccc(NC(=O)N2CCN(c3cc(N)ncn3)CC2)cc1Cl. The highest BCUT2D eigenvalue weighted by atomic mass is 35.5. The van der Waals surface area contributed by atoms with E-state index >= 15 is 0 Å². The summed E-state index contributed by atoms with van der Waals surface area (Å²) in [6.45, 7) is 4.52. The third kappa shape index (κ3) is 3.68. The number of aryl methyl sites for hydroxylation is 1. The number of hydrogen-bond acceptors (Lipinski definition) is 5. The maximum atomic E-state index is 12.4. The number of carbonyl (C=O) groups excluding carboxylic acids is 1. The molecular weight excluding hydrogens is 328 g/mol. The Morgan fingerprint density at radius 2 is 1.96 bits per heavy atom. The van der Waals surface area contributed by atoms with Gasteiger partial charge >= 0.3 is 6.03 Å². The maximum Gasteiger partial charge on any atom is 0.321 e. The Hall–Kier alpha value is -2.54. The highest BCUT2D eigenvalue weighted by Crippen LogP contribution is 2.21. The van der Waals surface area contributed by atoms with Crippen molar-refractivity contribution in [2.45, 2.75) is 6.92 Å². The van der Waals surface area contributed by atoms with E-state index < -0.39 is 0 Å². The van der Waals surface area contributed by atoms with E-state index in [4.69, 9.17) is 17.3 Å². The number of benzene rings is 1. The summed E-state index contributed by atoms with van der Waals surface area (Å²) in [4.78, 5) is 24.3. The molecule has 0 unspecified atom stereocenters. The van der Waals surface area contributed by atoms with E-state index in [1.165, 1.54) is 6.33 Å². The molecule has 2 aromatic rings. The van der Waals surface area contributed by atoms with Gasteiger partial charge in [0.05, 0.1) is 0 Å². The maximum absolute atomic E-state index is 12.4. The average Bonchev–Trinajstić information content (AvgIpc) is 2.58. The van der Waals surface area contributed by atoms with E-state index in [1.54, 1.807) is 17.0 Å². The summed E-state index contributed by atoms with van der Waals surface area (Å²) in [5.41, 5.74) is 7.36. The molecule has 3 N–H and O–H groups in total. The molecule has 7 nitrogen and oxygen atoms in total. The number of urea groups is 1. The molecule has 24 heavy (non-hydrogen) atoms. The first-order chi connectivity index (χ1) is 11.5. The molecule has 1 aromatic carbocycles. The van der Waals surface area contributed by atoms with Crippen LogP contribution in [0.3, 0.4) is 0 Å². The molecule has 0 saturated carbocycles. The van der Waals surface area contributed by atoms with Crippen molar-refractivity contribution in [3.05, 3.63) is 41.2 Å². The number of aromatic nitrogens is 2. The van der Waals surface area contributed by atoms with Crippen LogP contribution in [0.5, 0.6) is 0 Å². The molecule has 3 rings (SSSR count). The Morgan fingerprint density at radius 1 is 1.21 bits per heavy atom. The summed E-state index contributed by atoms with van der Waals surface area (Å²) in [6.07, 6.45) is 1.45. The predicted octanol–water partition coefficient (Wildman–Crippen LogP) is 2.37. The molecule has 1 aliphatic heterocycles. The summed E-state index contributed by atoms with van der Waals surface area (Å²) in [5.74, 6) is 1.23. The lowest BCUT2D eigenvalue weighted by Crippen LogP contribution is -2.50. The molecule has 0 aliphatic carbocycles.